The average Bonchev–Trinajstić information content (AvgIpc) is 2.67. The maximum absolute atomic E-state index is 12.4. The van der Waals surface area contributed by atoms with Crippen LogP contribution in [0.15, 0.2) is 66.4 Å². The van der Waals surface area contributed by atoms with E-state index in [1.165, 1.54) is 14.2 Å². The molecule has 0 amide bonds. The highest BCUT2D eigenvalue weighted by Crippen LogP contribution is 2.16. The summed E-state index contributed by atoms with van der Waals surface area (Å²) in [5.41, 5.74) is 1.54. The summed E-state index contributed by atoms with van der Waals surface area (Å²) in [7, 11) is 2.41. The van der Waals surface area contributed by atoms with Crippen LogP contribution in [-0.2, 0) is 19.1 Å². The van der Waals surface area contributed by atoms with E-state index in [0.717, 1.165) is 6.08 Å². The molecule has 25 heavy (non-hydrogen) atoms. The minimum atomic E-state index is -0.713. The number of rotatable bonds is 6. The van der Waals surface area contributed by atoms with Gasteiger partial charge in [0, 0.05) is 16.8 Å². The predicted molar refractivity (Wildman–Crippen MR) is 92.1 cm³/mol. The van der Waals surface area contributed by atoms with Gasteiger partial charge in [0.1, 0.15) is 5.70 Å². The van der Waals surface area contributed by atoms with E-state index < -0.39 is 11.9 Å². The zero-order valence-electron chi connectivity index (χ0n) is 13.8. The molecule has 0 aliphatic heterocycles. The van der Waals surface area contributed by atoms with Gasteiger partial charge in [-0.2, -0.15) is 0 Å². The lowest BCUT2D eigenvalue weighted by Crippen LogP contribution is -2.15. The largest absolute Gasteiger partial charge is 0.466 e. The number of hydrogen-bond acceptors (Lipinski definition) is 6. The Labute approximate surface area is 145 Å². The molecule has 0 bridgehead atoms. The zero-order valence-corrected chi connectivity index (χ0v) is 13.8. The quantitative estimate of drug-likeness (QED) is 0.495. The molecule has 0 aromatic heterocycles. The van der Waals surface area contributed by atoms with Gasteiger partial charge in [-0.25, -0.2) is 9.59 Å². The molecule has 0 heterocycles. The van der Waals surface area contributed by atoms with Crippen LogP contribution in [0.4, 0.5) is 5.69 Å². The van der Waals surface area contributed by atoms with Crippen LogP contribution in [0.25, 0.3) is 0 Å². The van der Waals surface area contributed by atoms with Crippen LogP contribution in [0.3, 0.4) is 0 Å². The molecule has 0 fully saturated rings. The minimum absolute atomic E-state index is 0.0727. The third kappa shape index (κ3) is 4.78. The fraction of sp³-hybridized carbons (Fsp3) is 0.105. The summed E-state index contributed by atoms with van der Waals surface area (Å²) in [5, 5.41) is 2.78. The van der Waals surface area contributed by atoms with Crippen molar-refractivity contribution in [2.24, 2.45) is 0 Å². The van der Waals surface area contributed by atoms with Gasteiger partial charge in [0.15, 0.2) is 5.78 Å². The Morgan fingerprint density at radius 1 is 0.840 bits per heavy atom. The van der Waals surface area contributed by atoms with E-state index >= 15 is 0 Å². The number of anilines is 1. The lowest BCUT2D eigenvalue weighted by molar-refractivity contribution is -0.138. The molecule has 1 N–H and O–H groups in total. The van der Waals surface area contributed by atoms with Crippen LogP contribution in [0.2, 0.25) is 0 Å². The second kappa shape index (κ2) is 8.44. The van der Waals surface area contributed by atoms with Crippen LogP contribution in [-0.4, -0.2) is 31.9 Å². The fourth-order valence-electron chi connectivity index (χ4n) is 2.05. The number of ether oxygens (including phenoxy) is 2. The van der Waals surface area contributed by atoms with Crippen LogP contribution in [0, 0.1) is 0 Å². The Bertz CT molecular complexity index is 794. The van der Waals surface area contributed by atoms with E-state index in [-0.39, 0.29) is 11.5 Å². The van der Waals surface area contributed by atoms with Crippen molar-refractivity contribution < 1.29 is 23.9 Å². The van der Waals surface area contributed by atoms with Gasteiger partial charge < -0.3 is 14.8 Å². The zero-order chi connectivity index (χ0) is 18.2. The molecule has 6 heteroatoms. The summed E-state index contributed by atoms with van der Waals surface area (Å²) in [6, 6.07) is 15.4. The molecule has 0 radical (unpaired) electrons. The number of esters is 2. The van der Waals surface area contributed by atoms with E-state index in [0.29, 0.717) is 16.8 Å². The van der Waals surface area contributed by atoms with E-state index in [9.17, 15) is 14.4 Å². The molecule has 0 aliphatic rings. The number of carbonyl (C=O) groups is 3. The topological polar surface area (TPSA) is 81.7 Å². The summed E-state index contributed by atoms with van der Waals surface area (Å²) in [4.78, 5) is 35.4. The highest BCUT2D eigenvalue weighted by atomic mass is 16.5. The predicted octanol–water partition coefficient (Wildman–Crippen LogP) is 2.56. The minimum Gasteiger partial charge on any atom is -0.466 e. The molecule has 2 aromatic rings. The van der Waals surface area contributed by atoms with Crippen LogP contribution in [0.5, 0.6) is 0 Å². The molecular formula is C19H17NO5. The molecule has 0 saturated carbocycles. The number of carbonyl (C=O) groups excluding carboxylic acids is 3. The molecule has 0 atom stereocenters. The molecule has 0 spiro atoms. The van der Waals surface area contributed by atoms with Crippen molar-refractivity contribution >= 4 is 23.4 Å². The maximum Gasteiger partial charge on any atom is 0.354 e. The van der Waals surface area contributed by atoms with Crippen molar-refractivity contribution in [3.8, 4) is 0 Å². The SMILES string of the molecule is COC(=O)/C=C(/Nc1ccc(C(=O)c2ccccc2)cc1)C(=O)OC. The first kappa shape index (κ1) is 17.9. The van der Waals surface area contributed by atoms with Crippen molar-refractivity contribution in [3.63, 3.8) is 0 Å². The smallest absolute Gasteiger partial charge is 0.354 e. The lowest BCUT2D eigenvalue weighted by atomic mass is 10.0. The highest BCUT2D eigenvalue weighted by molar-refractivity contribution is 6.09. The van der Waals surface area contributed by atoms with Crippen molar-refractivity contribution in [1.29, 1.82) is 0 Å². The second-order valence-corrected chi connectivity index (χ2v) is 4.97. The first-order chi connectivity index (χ1) is 12.0. The summed E-state index contributed by atoms with van der Waals surface area (Å²) in [5.74, 6) is -1.51. The molecule has 0 saturated heterocycles. The summed E-state index contributed by atoms with van der Waals surface area (Å²) < 4.78 is 9.12. The number of hydrogen-bond donors (Lipinski definition) is 1. The number of methoxy groups -OCH3 is 2. The van der Waals surface area contributed by atoms with Gasteiger partial charge in [0.05, 0.1) is 20.3 Å². The third-order valence-electron chi connectivity index (χ3n) is 3.33. The molecular weight excluding hydrogens is 322 g/mol. The van der Waals surface area contributed by atoms with E-state index in [2.05, 4.69) is 14.8 Å². The van der Waals surface area contributed by atoms with E-state index in [1.807, 2.05) is 6.07 Å². The summed E-state index contributed by atoms with van der Waals surface area (Å²) in [6.45, 7) is 0. The van der Waals surface area contributed by atoms with Crippen molar-refractivity contribution in [2.75, 3.05) is 19.5 Å². The normalized spacial score (nSPS) is 10.7. The molecule has 0 aliphatic carbocycles. The summed E-state index contributed by atoms with van der Waals surface area (Å²) in [6.07, 6.45) is 0.995. The van der Waals surface area contributed by atoms with Gasteiger partial charge in [-0.3, -0.25) is 4.79 Å². The highest BCUT2D eigenvalue weighted by Gasteiger charge is 2.13. The van der Waals surface area contributed by atoms with E-state index in [1.54, 1.807) is 48.5 Å². The second-order valence-electron chi connectivity index (χ2n) is 4.97. The molecule has 6 nitrogen and oxygen atoms in total. The Balaban J connectivity index is 2.18. The van der Waals surface area contributed by atoms with Crippen molar-refractivity contribution in [3.05, 3.63) is 77.5 Å². The summed E-state index contributed by atoms with van der Waals surface area (Å²) >= 11 is 0. The number of nitrogens with one attached hydrogen (secondary N) is 1. The van der Waals surface area contributed by atoms with Gasteiger partial charge in [0.25, 0.3) is 0 Å². The lowest BCUT2D eigenvalue weighted by Gasteiger charge is -2.09. The standard InChI is InChI=1S/C19H17NO5/c1-24-17(21)12-16(19(23)25-2)20-15-10-8-14(9-11-15)18(22)13-6-4-3-5-7-13/h3-12,20H,1-2H3/b16-12+. The van der Waals surface area contributed by atoms with Gasteiger partial charge in [-0.1, -0.05) is 30.3 Å². The molecule has 0 unspecified atom stereocenters. The monoisotopic (exact) mass is 339 g/mol. The van der Waals surface area contributed by atoms with Crippen LogP contribution < -0.4 is 5.32 Å². The van der Waals surface area contributed by atoms with Crippen molar-refractivity contribution in [1.82, 2.24) is 0 Å². The van der Waals surface area contributed by atoms with Gasteiger partial charge in [0.2, 0.25) is 0 Å². The first-order valence-electron chi connectivity index (χ1n) is 7.40. The van der Waals surface area contributed by atoms with Crippen LogP contribution >= 0.6 is 0 Å². The average molecular weight is 339 g/mol. The third-order valence-corrected chi connectivity index (χ3v) is 3.33. The Morgan fingerprint density at radius 3 is 2.00 bits per heavy atom. The maximum atomic E-state index is 12.4. The molecule has 128 valence electrons. The fourth-order valence-corrected chi connectivity index (χ4v) is 2.05. The Kier molecular flexibility index (Phi) is 6.06. The number of benzene rings is 2. The van der Waals surface area contributed by atoms with E-state index in [4.69, 9.17) is 0 Å². The first-order valence-corrected chi connectivity index (χ1v) is 7.40. The van der Waals surface area contributed by atoms with Gasteiger partial charge in [-0.15, -0.1) is 0 Å². The molecule has 2 aromatic carbocycles. The van der Waals surface area contributed by atoms with Gasteiger partial charge in [-0.05, 0) is 24.3 Å². The Morgan fingerprint density at radius 2 is 1.44 bits per heavy atom. The van der Waals surface area contributed by atoms with Crippen molar-refractivity contribution in [2.45, 2.75) is 0 Å². The van der Waals surface area contributed by atoms with Crippen LogP contribution in [0.1, 0.15) is 15.9 Å². The molecule has 2 rings (SSSR count). The Hall–Kier alpha value is -3.41. The number of ketones is 1. The van der Waals surface area contributed by atoms with Gasteiger partial charge >= 0.3 is 11.9 Å².